The molecule has 2 rings (SSSR count). The first-order valence-corrected chi connectivity index (χ1v) is 10.1. The number of carbonyl (C=O) groups is 2. The summed E-state index contributed by atoms with van der Waals surface area (Å²) in [5.74, 6) is -1.45. The maximum atomic E-state index is 12.5. The lowest BCUT2D eigenvalue weighted by Gasteiger charge is -2.18. The minimum Gasteiger partial charge on any atom is -0.340 e. The fraction of sp³-hybridized carbons (Fsp3) is 0.176. The number of halogens is 2. The van der Waals surface area contributed by atoms with E-state index in [-0.39, 0.29) is 17.0 Å². The second kappa shape index (κ2) is 8.53. The van der Waals surface area contributed by atoms with E-state index in [0.717, 1.165) is 11.8 Å². The molecule has 0 saturated heterocycles. The number of benzene rings is 2. The van der Waals surface area contributed by atoms with Crippen molar-refractivity contribution in [1.82, 2.24) is 10.0 Å². The van der Waals surface area contributed by atoms with Crippen LogP contribution in [0.1, 0.15) is 15.9 Å². The monoisotopic (exact) mass is 414 g/mol. The summed E-state index contributed by atoms with van der Waals surface area (Å²) in [5, 5.41) is 3.01. The van der Waals surface area contributed by atoms with Gasteiger partial charge in [-0.25, -0.2) is 8.42 Å². The van der Waals surface area contributed by atoms with E-state index in [9.17, 15) is 18.0 Å². The van der Waals surface area contributed by atoms with E-state index in [1.807, 2.05) is 4.72 Å². The predicted octanol–water partition coefficient (Wildman–Crippen LogP) is 2.41. The van der Waals surface area contributed by atoms with Crippen molar-refractivity contribution in [2.45, 2.75) is 12.5 Å². The van der Waals surface area contributed by atoms with Crippen molar-refractivity contribution in [2.75, 3.05) is 6.26 Å². The molecule has 26 heavy (non-hydrogen) atoms. The number of hydrogen-bond donors (Lipinski definition) is 2. The molecule has 9 heteroatoms. The van der Waals surface area contributed by atoms with Crippen LogP contribution in [0.2, 0.25) is 10.0 Å². The van der Waals surface area contributed by atoms with Gasteiger partial charge in [0, 0.05) is 11.4 Å². The fourth-order valence-electron chi connectivity index (χ4n) is 2.22. The Balaban J connectivity index is 2.24. The zero-order valence-electron chi connectivity index (χ0n) is 13.7. The first-order valence-electron chi connectivity index (χ1n) is 7.47. The third kappa shape index (κ3) is 6.01. The summed E-state index contributed by atoms with van der Waals surface area (Å²) >= 11 is 11.8. The Morgan fingerprint density at radius 3 is 2.31 bits per heavy atom. The standard InChI is InChI=1S/C17H16Cl2N2O4S/c1-26(24,25)21-17(23)15(9-11-5-3-2-4-6-11)20-16(22)13-8-7-12(18)10-14(13)19/h2-8,10,15H,9H2,1H3,(H,20,22)(H,21,23). The quantitative estimate of drug-likeness (QED) is 0.758. The van der Waals surface area contributed by atoms with Crippen LogP contribution in [0.3, 0.4) is 0 Å². The Kier molecular flexibility index (Phi) is 6.63. The summed E-state index contributed by atoms with van der Waals surface area (Å²) in [4.78, 5) is 24.8. The van der Waals surface area contributed by atoms with Gasteiger partial charge < -0.3 is 5.32 Å². The minimum atomic E-state index is -3.77. The van der Waals surface area contributed by atoms with Crippen LogP contribution in [-0.2, 0) is 21.2 Å². The molecule has 0 aliphatic heterocycles. The van der Waals surface area contributed by atoms with Crippen LogP contribution < -0.4 is 10.0 Å². The Bertz CT molecular complexity index is 918. The molecule has 0 aliphatic carbocycles. The topological polar surface area (TPSA) is 92.3 Å². The number of hydrogen-bond acceptors (Lipinski definition) is 4. The van der Waals surface area contributed by atoms with Gasteiger partial charge in [-0.3, -0.25) is 14.3 Å². The van der Waals surface area contributed by atoms with Crippen molar-refractivity contribution in [3.63, 3.8) is 0 Å². The van der Waals surface area contributed by atoms with Gasteiger partial charge >= 0.3 is 0 Å². The smallest absolute Gasteiger partial charge is 0.256 e. The average molecular weight is 415 g/mol. The number of amides is 2. The molecule has 0 aliphatic rings. The Morgan fingerprint density at radius 2 is 1.73 bits per heavy atom. The van der Waals surface area contributed by atoms with E-state index in [2.05, 4.69) is 5.32 Å². The van der Waals surface area contributed by atoms with Gasteiger partial charge in [-0.2, -0.15) is 0 Å². The second-order valence-electron chi connectivity index (χ2n) is 5.58. The molecule has 6 nitrogen and oxygen atoms in total. The summed E-state index contributed by atoms with van der Waals surface area (Å²) in [7, 11) is -3.77. The average Bonchev–Trinajstić information content (AvgIpc) is 2.53. The molecule has 0 radical (unpaired) electrons. The lowest BCUT2D eigenvalue weighted by atomic mass is 10.0. The van der Waals surface area contributed by atoms with Gasteiger partial charge in [0.05, 0.1) is 16.8 Å². The highest BCUT2D eigenvalue weighted by Crippen LogP contribution is 2.21. The highest BCUT2D eigenvalue weighted by molar-refractivity contribution is 7.89. The molecular formula is C17H16Cl2N2O4S. The second-order valence-corrected chi connectivity index (χ2v) is 8.17. The Labute approximate surface area is 161 Å². The van der Waals surface area contributed by atoms with E-state index < -0.39 is 27.9 Å². The number of nitrogens with one attached hydrogen (secondary N) is 2. The maximum Gasteiger partial charge on any atom is 0.256 e. The SMILES string of the molecule is CS(=O)(=O)NC(=O)C(Cc1ccccc1)NC(=O)c1ccc(Cl)cc1Cl. The molecule has 2 N–H and O–H groups in total. The molecule has 0 saturated carbocycles. The minimum absolute atomic E-state index is 0.110. The van der Waals surface area contributed by atoms with Crippen LogP contribution in [0.5, 0.6) is 0 Å². The van der Waals surface area contributed by atoms with Crippen LogP contribution in [0.4, 0.5) is 0 Å². The maximum absolute atomic E-state index is 12.5. The summed E-state index contributed by atoms with van der Waals surface area (Å²) in [6.45, 7) is 0. The van der Waals surface area contributed by atoms with Crippen molar-refractivity contribution in [2.24, 2.45) is 0 Å². The third-order valence-electron chi connectivity index (χ3n) is 3.37. The highest BCUT2D eigenvalue weighted by Gasteiger charge is 2.25. The van der Waals surface area contributed by atoms with Gasteiger partial charge in [0.25, 0.3) is 11.8 Å². The molecule has 2 amide bonds. The molecule has 0 aromatic heterocycles. The van der Waals surface area contributed by atoms with E-state index in [0.29, 0.717) is 5.02 Å². The summed E-state index contributed by atoms with van der Waals surface area (Å²) in [5.41, 5.74) is 0.880. The molecule has 1 atom stereocenters. The van der Waals surface area contributed by atoms with Crippen molar-refractivity contribution >= 4 is 45.0 Å². The molecular weight excluding hydrogens is 399 g/mol. The van der Waals surface area contributed by atoms with Crippen molar-refractivity contribution < 1.29 is 18.0 Å². The summed E-state index contributed by atoms with van der Waals surface area (Å²) in [6, 6.07) is 12.1. The summed E-state index contributed by atoms with van der Waals surface area (Å²) < 4.78 is 24.6. The van der Waals surface area contributed by atoms with Crippen LogP contribution in [0.15, 0.2) is 48.5 Å². The number of rotatable bonds is 6. The van der Waals surface area contributed by atoms with E-state index in [4.69, 9.17) is 23.2 Å². The molecule has 0 bridgehead atoms. The highest BCUT2D eigenvalue weighted by atomic mass is 35.5. The normalized spacial score (nSPS) is 12.3. The van der Waals surface area contributed by atoms with Gasteiger partial charge in [-0.1, -0.05) is 53.5 Å². The van der Waals surface area contributed by atoms with Crippen LogP contribution in [0, 0.1) is 0 Å². The lowest BCUT2D eigenvalue weighted by molar-refractivity contribution is -0.121. The van der Waals surface area contributed by atoms with Gasteiger partial charge in [-0.15, -0.1) is 0 Å². The van der Waals surface area contributed by atoms with Crippen molar-refractivity contribution in [3.05, 3.63) is 69.7 Å². The first-order chi connectivity index (χ1) is 12.2. The van der Waals surface area contributed by atoms with Crippen molar-refractivity contribution in [3.8, 4) is 0 Å². The molecule has 138 valence electrons. The van der Waals surface area contributed by atoms with Gasteiger partial charge in [0.1, 0.15) is 6.04 Å². The molecule has 0 heterocycles. The molecule has 2 aromatic carbocycles. The van der Waals surface area contributed by atoms with Crippen LogP contribution in [-0.4, -0.2) is 32.5 Å². The number of sulfonamides is 1. The van der Waals surface area contributed by atoms with E-state index in [1.54, 1.807) is 30.3 Å². The summed E-state index contributed by atoms with van der Waals surface area (Å²) in [6.07, 6.45) is 0.974. The zero-order chi connectivity index (χ0) is 19.3. The molecule has 0 fully saturated rings. The van der Waals surface area contributed by atoms with Gasteiger partial charge in [-0.05, 0) is 23.8 Å². The molecule has 2 aromatic rings. The van der Waals surface area contributed by atoms with Crippen molar-refractivity contribution in [1.29, 1.82) is 0 Å². The number of carbonyl (C=O) groups excluding carboxylic acids is 2. The van der Waals surface area contributed by atoms with Crippen LogP contribution in [0.25, 0.3) is 0 Å². The Hall–Kier alpha value is -2.09. The third-order valence-corrected chi connectivity index (χ3v) is 4.49. The zero-order valence-corrected chi connectivity index (χ0v) is 16.0. The van der Waals surface area contributed by atoms with Gasteiger partial charge in [0.2, 0.25) is 10.0 Å². The van der Waals surface area contributed by atoms with E-state index in [1.165, 1.54) is 18.2 Å². The largest absolute Gasteiger partial charge is 0.340 e. The molecule has 1 unspecified atom stereocenters. The van der Waals surface area contributed by atoms with Crippen LogP contribution >= 0.6 is 23.2 Å². The lowest BCUT2D eigenvalue weighted by Crippen LogP contribution is -2.49. The molecule has 0 spiro atoms. The van der Waals surface area contributed by atoms with E-state index >= 15 is 0 Å². The fourth-order valence-corrected chi connectivity index (χ4v) is 3.22. The Morgan fingerprint density at radius 1 is 1.08 bits per heavy atom. The first kappa shape index (κ1) is 20.2. The predicted molar refractivity (Wildman–Crippen MR) is 101 cm³/mol. The van der Waals surface area contributed by atoms with Gasteiger partial charge in [0.15, 0.2) is 0 Å².